The van der Waals surface area contributed by atoms with E-state index in [1.807, 2.05) is 11.4 Å². The molecule has 1 heterocycles. The Morgan fingerprint density at radius 2 is 2.15 bits per heavy atom. The predicted octanol–water partition coefficient (Wildman–Crippen LogP) is 3.05. The van der Waals surface area contributed by atoms with E-state index in [2.05, 4.69) is 31.0 Å². The van der Waals surface area contributed by atoms with Crippen LogP contribution in [-0.2, 0) is 6.54 Å². The summed E-state index contributed by atoms with van der Waals surface area (Å²) >= 11 is 1.29. The maximum absolute atomic E-state index is 11.0. The number of hydrogen-bond donors (Lipinski definition) is 2. The number of aromatic carboxylic acids is 1. The highest BCUT2D eigenvalue weighted by Gasteiger charge is 2.12. The second-order valence-corrected chi connectivity index (χ2v) is 5.95. The summed E-state index contributed by atoms with van der Waals surface area (Å²) in [6.45, 7) is 10.5. The number of nitrogens with one attached hydrogen (secondary N) is 1. The SMILES string of the molecule is CCN(CC)CCCC(C)NCc1ccsc1C(=O)O. The summed E-state index contributed by atoms with van der Waals surface area (Å²) in [5, 5.41) is 14.3. The minimum absolute atomic E-state index is 0.409. The summed E-state index contributed by atoms with van der Waals surface area (Å²) in [6, 6.07) is 2.30. The van der Waals surface area contributed by atoms with E-state index < -0.39 is 5.97 Å². The van der Waals surface area contributed by atoms with Crippen LogP contribution in [0.25, 0.3) is 0 Å². The average molecular weight is 298 g/mol. The quantitative estimate of drug-likeness (QED) is 0.697. The zero-order valence-electron chi connectivity index (χ0n) is 12.7. The Hall–Kier alpha value is -0.910. The lowest BCUT2D eigenvalue weighted by atomic mass is 10.1. The van der Waals surface area contributed by atoms with Crippen molar-refractivity contribution >= 4 is 17.3 Å². The molecule has 0 saturated heterocycles. The van der Waals surface area contributed by atoms with Crippen molar-refractivity contribution in [2.24, 2.45) is 0 Å². The third-order valence-electron chi connectivity index (χ3n) is 3.59. The lowest BCUT2D eigenvalue weighted by molar-refractivity contribution is 0.0701. The molecule has 0 aliphatic carbocycles. The van der Waals surface area contributed by atoms with E-state index in [1.165, 1.54) is 17.8 Å². The van der Waals surface area contributed by atoms with Crippen LogP contribution in [0, 0.1) is 0 Å². The van der Waals surface area contributed by atoms with Gasteiger partial charge in [0.25, 0.3) is 0 Å². The van der Waals surface area contributed by atoms with Gasteiger partial charge in [-0.25, -0.2) is 4.79 Å². The van der Waals surface area contributed by atoms with E-state index in [4.69, 9.17) is 5.11 Å². The van der Waals surface area contributed by atoms with E-state index in [-0.39, 0.29) is 0 Å². The van der Waals surface area contributed by atoms with E-state index in [9.17, 15) is 4.79 Å². The molecule has 114 valence electrons. The molecule has 0 saturated carbocycles. The lowest BCUT2D eigenvalue weighted by Crippen LogP contribution is -2.29. The van der Waals surface area contributed by atoms with Gasteiger partial charge < -0.3 is 15.3 Å². The van der Waals surface area contributed by atoms with Crippen molar-refractivity contribution in [3.63, 3.8) is 0 Å². The topological polar surface area (TPSA) is 52.6 Å². The number of carboxylic acid groups (broad SMARTS) is 1. The zero-order chi connectivity index (χ0) is 15.0. The highest BCUT2D eigenvalue weighted by Crippen LogP contribution is 2.16. The molecule has 1 aromatic rings. The number of carboxylic acids is 1. The van der Waals surface area contributed by atoms with Crippen molar-refractivity contribution in [3.8, 4) is 0 Å². The Morgan fingerprint density at radius 1 is 1.45 bits per heavy atom. The maximum Gasteiger partial charge on any atom is 0.346 e. The standard InChI is InChI=1S/C15H26N2O2S/c1-4-17(5-2)9-6-7-12(3)16-11-13-8-10-20-14(13)15(18)19/h8,10,12,16H,4-7,9,11H2,1-3H3,(H,18,19). The molecule has 0 radical (unpaired) electrons. The number of thiophene rings is 1. The van der Waals surface area contributed by atoms with Crippen LogP contribution in [0.2, 0.25) is 0 Å². The Kier molecular flexibility index (Phi) is 7.80. The molecule has 0 aliphatic heterocycles. The number of hydrogen-bond acceptors (Lipinski definition) is 4. The monoisotopic (exact) mass is 298 g/mol. The van der Waals surface area contributed by atoms with Gasteiger partial charge in [0.2, 0.25) is 0 Å². The van der Waals surface area contributed by atoms with Crippen LogP contribution in [0.1, 0.15) is 48.8 Å². The third kappa shape index (κ3) is 5.61. The maximum atomic E-state index is 11.0. The fourth-order valence-electron chi connectivity index (χ4n) is 2.21. The smallest absolute Gasteiger partial charge is 0.346 e. The highest BCUT2D eigenvalue weighted by molar-refractivity contribution is 7.12. The molecular weight excluding hydrogens is 272 g/mol. The first-order valence-corrected chi connectivity index (χ1v) is 8.21. The van der Waals surface area contributed by atoms with Gasteiger partial charge in [0, 0.05) is 12.6 Å². The van der Waals surface area contributed by atoms with Crippen molar-refractivity contribution in [1.82, 2.24) is 10.2 Å². The van der Waals surface area contributed by atoms with Crippen LogP contribution in [0.4, 0.5) is 0 Å². The molecule has 0 aliphatic rings. The predicted molar refractivity (Wildman–Crippen MR) is 84.6 cm³/mol. The molecule has 5 heteroatoms. The van der Waals surface area contributed by atoms with Gasteiger partial charge in [-0.1, -0.05) is 13.8 Å². The molecule has 0 fully saturated rings. The van der Waals surface area contributed by atoms with E-state index in [0.29, 0.717) is 17.5 Å². The fourth-order valence-corrected chi connectivity index (χ4v) is 2.97. The van der Waals surface area contributed by atoms with Gasteiger partial charge in [-0.05, 0) is 56.4 Å². The summed E-state index contributed by atoms with van der Waals surface area (Å²) < 4.78 is 0. The summed E-state index contributed by atoms with van der Waals surface area (Å²) in [5.74, 6) is -0.828. The second-order valence-electron chi connectivity index (χ2n) is 5.03. The molecule has 0 aromatic carbocycles. The molecule has 4 nitrogen and oxygen atoms in total. The van der Waals surface area contributed by atoms with Gasteiger partial charge in [-0.3, -0.25) is 0 Å². The summed E-state index contributed by atoms with van der Waals surface area (Å²) in [5.41, 5.74) is 0.887. The largest absolute Gasteiger partial charge is 0.477 e. The molecule has 2 N–H and O–H groups in total. The average Bonchev–Trinajstić information content (AvgIpc) is 2.90. The molecule has 0 spiro atoms. The number of nitrogens with zero attached hydrogens (tertiary/aromatic N) is 1. The van der Waals surface area contributed by atoms with Crippen LogP contribution < -0.4 is 5.32 Å². The summed E-state index contributed by atoms with van der Waals surface area (Å²) in [7, 11) is 0. The van der Waals surface area contributed by atoms with E-state index in [1.54, 1.807) is 0 Å². The van der Waals surface area contributed by atoms with Crippen molar-refractivity contribution in [2.45, 2.75) is 46.2 Å². The first-order chi connectivity index (χ1) is 9.58. The molecular formula is C15H26N2O2S. The lowest BCUT2D eigenvalue weighted by Gasteiger charge is -2.19. The zero-order valence-corrected chi connectivity index (χ0v) is 13.5. The summed E-state index contributed by atoms with van der Waals surface area (Å²) in [6.07, 6.45) is 2.29. The van der Waals surface area contributed by atoms with Crippen molar-refractivity contribution in [3.05, 3.63) is 21.9 Å². The van der Waals surface area contributed by atoms with Crippen LogP contribution >= 0.6 is 11.3 Å². The van der Waals surface area contributed by atoms with Gasteiger partial charge in [0.1, 0.15) is 4.88 Å². The second kappa shape index (κ2) is 9.10. The number of rotatable bonds is 10. The molecule has 0 amide bonds. The normalized spacial score (nSPS) is 12.8. The van der Waals surface area contributed by atoms with Crippen molar-refractivity contribution in [1.29, 1.82) is 0 Å². The fraction of sp³-hybridized carbons (Fsp3) is 0.667. The first-order valence-electron chi connectivity index (χ1n) is 7.33. The minimum atomic E-state index is -0.828. The highest BCUT2D eigenvalue weighted by atomic mass is 32.1. The number of carbonyl (C=O) groups is 1. The molecule has 1 rings (SSSR count). The molecule has 1 unspecified atom stereocenters. The molecule has 1 atom stereocenters. The van der Waals surface area contributed by atoms with Crippen molar-refractivity contribution < 1.29 is 9.90 Å². The summed E-state index contributed by atoms with van der Waals surface area (Å²) in [4.78, 5) is 13.9. The Bertz CT molecular complexity index is 402. The Morgan fingerprint density at radius 3 is 2.75 bits per heavy atom. The van der Waals surface area contributed by atoms with E-state index in [0.717, 1.165) is 31.6 Å². The van der Waals surface area contributed by atoms with Gasteiger partial charge in [0.15, 0.2) is 0 Å². The van der Waals surface area contributed by atoms with Gasteiger partial charge in [-0.15, -0.1) is 11.3 Å². The van der Waals surface area contributed by atoms with Gasteiger partial charge >= 0.3 is 5.97 Å². The molecule has 1 aromatic heterocycles. The first kappa shape index (κ1) is 17.1. The van der Waals surface area contributed by atoms with Gasteiger partial charge in [-0.2, -0.15) is 0 Å². The van der Waals surface area contributed by atoms with Gasteiger partial charge in [0.05, 0.1) is 0 Å². The van der Waals surface area contributed by atoms with Crippen LogP contribution in [0.5, 0.6) is 0 Å². The van der Waals surface area contributed by atoms with E-state index >= 15 is 0 Å². The van der Waals surface area contributed by atoms with Crippen molar-refractivity contribution in [2.75, 3.05) is 19.6 Å². The molecule has 0 bridgehead atoms. The Balaban J connectivity index is 2.27. The third-order valence-corrected chi connectivity index (χ3v) is 4.53. The Labute approximate surface area is 125 Å². The van der Waals surface area contributed by atoms with Crippen LogP contribution in [0.15, 0.2) is 11.4 Å². The molecule has 20 heavy (non-hydrogen) atoms. The van der Waals surface area contributed by atoms with Crippen LogP contribution in [0.3, 0.4) is 0 Å². The van der Waals surface area contributed by atoms with Crippen LogP contribution in [-0.4, -0.2) is 41.7 Å². The minimum Gasteiger partial charge on any atom is -0.477 e.